The Morgan fingerprint density at radius 1 is 1.07 bits per heavy atom. The first kappa shape index (κ1) is 19.6. The summed E-state index contributed by atoms with van der Waals surface area (Å²) in [6.07, 6.45) is 3.93. The lowest BCUT2D eigenvalue weighted by atomic mass is 9.75. The maximum Gasteiger partial charge on any atom is 0.307 e. The van der Waals surface area contributed by atoms with E-state index in [2.05, 4.69) is 74.3 Å². The molecule has 0 amide bonds. The summed E-state index contributed by atoms with van der Waals surface area (Å²) in [6.45, 7) is 5.32. The number of aliphatic carboxylic acids is 1. The number of carboxylic acids is 1. The van der Waals surface area contributed by atoms with E-state index in [1.165, 1.54) is 16.7 Å². The number of benzene rings is 2. The maximum atomic E-state index is 11.7. The Hall–Kier alpha value is -2.13. The lowest BCUT2D eigenvalue weighted by Crippen LogP contribution is -2.38. The second-order valence-electron chi connectivity index (χ2n) is 8.36. The standard InChI is InChI=1S/C24H31NO2/c1-24(2,20-12-5-4-6-13-20)25(3)17-18-10-9-11-19(16-18)21-14-7-8-15-22(21)23(26)27/h4-6,9-13,16,21-22H,7-8,14-15,17H2,1-3H3,(H,26,27). The number of hydrogen-bond acceptors (Lipinski definition) is 2. The number of hydrogen-bond donors (Lipinski definition) is 1. The molecule has 3 heteroatoms. The van der Waals surface area contributed by atoms with Gasteiger partial charge in [0, 0.05) is 12.1 Å². The van der Waals surface area contributed by atoms with Gasteiger partial charge in [-0.15, -0.1) is 0 Å². The van der Waals surface area contributed by atoms with Gasteiger partial charge in [-0.3, -0.25) is 9.69 Å². The summed E-state index contributed by atoms with van der Waals surface area (Å²) in [5, 5.41) is 9.61. The van der Waals surface area contributed by atoms with Gasteiger partial charge in [-0.2, -0.15) is 0 Å². The second kappa shape index (κ2) is 8.26. The summed E-state index contributed by atoms with van der Waals surface area (Å²) in [6, 6.07) is 19.1. The third kappa shape index (κ3) is 4.41. The number of carbonyl (C=O) groups is 1. The van der Waals surface area contributed by atoms with E-state index < -0.39 is 5.97 Å². The zero-order valence-corrected chi connectivity index (χ0v) is 16.7. The molecular formula is C24H31NO2. The Morgan fingerprint density at radius 3 is 2.48 bits per heavy atom. The summed E-state index contributed by atoms with van der Waals surface area (Å²) in [4.78, 5) is 14.0. The molecule has 1 fully saturated rings. The van der Waals surface area contributed by atoms with E-state index in [1.807, 2.05) is 6.07 Å². The topological polar surface area (TPSA) is 40.5 Å². The number of carboxylic acid groups (broad SMARTS) is 1. The lowest BCUT2D eigenvalue weighted by Gasteiger charge is -2.36. The zero-order chi connectivity index (χ0) is 19.4. The third-order valence-corrected chi connectivity index (χ3v) is 6.32. The van der Waals surface area contributed by atoms with Crippen LogP contribution in [0.25, 0.3) is 0 Å². The highest BCUT2D eigenvalue weighted by atomic mass is 16.4. The fourth-order valence-corrected chi connectivity index (χ4v) is 4.29. The van der Waals surface area contributed by atoms with Gasteiger partial charge in [0.15, 0.2) is 0 Å². The van der Waals surface area contributed by atoms with Crippen molar-refractivity contribution in [2.75, 3.05) is 7.05 Å². The predicted octanol–water partition coefficient (Wildman–Crippen LogP) is 5.41. The molecule has 0 bridgehead atoms. The summed E-state index contributed by atoms with van der Waals surface area (Å²) in [5.41, 5.74) is 3.65. The average Bonchev–Trinajstić information content (AvgIpc) is 2.68. The Bertz CT molecular complexity index is 769. The van der Waals surface area contributed by atoms with Crippen LogP contribution >= 0.6 is 0 Å². The SMILES string of the molecule is CN(Cc1cccc(C2CCCCC2C(=O)O)c1)C(C)(C)c1ccccc1. The summed E-state index contributed by atoms with van der Waals surface area (Å²) >= 11 is 0. The van der Waals surface area contributed by atoms with Gasteiger partial charge in [-0.1, -0.05) is 67.4 Å². The molecular weight excluding hydrogens is 334 g/mol. The van der Waals surface area contributed by atoms with Crippen molar-refractivity contribution < 1.29 is 9.90 Å². The third-order valence-electron chi connectivity index (χ3n) is 6.32. The van der Waals surface area contributed by atoms with Crippen molar-refractivity contribution in [3.63, 3.8) is 0 Å². The molecule has 0 aromatic heterocycles. The van der Waals surface area contributed by atoms with E-state index in [4.69, 9.17) is 0 Å². The molecule has 2 atom stereocenters. The van der Waals surface area contributed by atoms with Gasteiger partial charge >= 0.3 is 5.97 Å². The normalized spacial score (nSPS) is 20.6. The number of rotatable bonds is 6. The second-order valence-corrected chi connectivity index (χ2v) is 8.36. The molecule has 1 saturated carbocycles. The molecule has 2 unspecified atom stereocenters. The van der Waals surface area contributed by atoms with Crippen molar-refractivity contribution in [2.45, 2.75) is 57.5 Å². The van der Waals surface area contributed by atoms with Crippen molar-refractivity contribution in [3.05, 3.63) is 71.3 Å². The fourth-order valence-electron chi connectivity index (χ4n) is 4.29. The van der Waals surface area contributed by atoms with Crippen molar-refractivity contribution in [2.24, 2.45) is 5.92 Å². The molecule has 0 aliphatic heterocycles. The molecule has 0 saturated heterocycles. The van der Waals surface area contributed by atoms with Crippen LogP contribution in [0.4, 0.5) is 0 Å². The average molecular weight is 366 g/mol. The number of nitrogens with zero attached hydrogens (tertiary/aromatic N) is 1. The summed E-state index contributed by atoms with van der Waals surface area (Å²) in [7, 11) is 2.15. The molecule has 2 aromatic carbocycles. The van der Waals surface area contributed by atoms with Crippen molar-refractivity contribution in [3.8, 4) is 0 Å². The molecule has 1 aliphatic rings. The van der Waals surface area contributed by atoms with Crippen LogP contribution in [-0.4, -0.2) is 23.0 Å². The van der Waals surface area contributed by atoms with Gasteiger partial charge < -0.3 is 5.11 Å². The molecule has 0 radical (unpaired) electrons. The minimum absolute atomic E-state index is 0.0777. The van der Waals surface area contributed by atoms with Crippen molar-refractivity contribution in [1.29, 1.82) is 0 Å². The van der Waals surface area contributed by atoms with Crippen LogP contribution in [0.5, 0.6) is 0 Å². The Kier molecular flexibility index (Phi) is 6.01. The van der Waals surface area contributed by atoms with E-state index in [-0.39, 0.29) is 17.4 Å². The van der Waals surface area contributed by atoms with Gasteiger partial charge in [0.1, 0.15) is 0 Å². The molecule has 27 heavy (non-hydrogen) atoms. The van der Waals surface area contributed by atoms with E-state index >= 15 is 0 Å². The maximum absolute atomic E-state index is 11.7. The molecule has 144 valence electrons. The van der Waals surface area contributed by atoms with Crippen LogP contribution in [0.1, 0.15) is 62.1 Å². The monoisotopic (exact) mass is 365 g/mol. The Labute approximate surface area is 163 Å². The molecule has 0 heterocycles. The van der Waals surface area contributed by atoms with Crippen LogP contribution in [0, 0.1) is 5.92 Å². The predicted molar refractivity (Wildman–Crippen MR) is 110 cm³/mol. The van der Waals surface area contributed by atoms with E-state index in [1.54, 1.807) is 0 Å². The molecule has 2 aromatic rings. The first-order valence-electron chi connectivity index (χ1n) is 9.98. The van der Waals surface area contributed by atoms with E-state index in [0.29, 0.717) is 0 Å². The van der Waals surface area contributed by atoms with Crippen molar-refractivity contribution >= 4 is 5.97 Å². The summed E-state index contributed by atoms with van der Waals surface area (Å²) in [5.74, 6) is -0.747. The Balaban J connectivity index is 1.78. The van der Waals surface area contributed by atoms with Gasteiger partial charge in [-0.05, 0) is 56.3 Å². The first-order valence-corrected chi connectivity index (χ1v) is 9.98. The zero-order valence-electron chi connectivity index (χ0n) is 16.7. The highest BCUT2D eigenvalue weighted by Crippen LogP contribution is 2.38. The summed E-state index contributed by atoms with van der Waals surface area (Å²) < 4.78 is 0. The van der Waals surface area contributed by atoms with Crippen molar-refractivity contribution in [1.82, 2.24) is 4.90 Å². The van der Waals surface area contributed by atoms with Crippen LogP contribution in [-0.2, 0) is 16.9 Å². The molecule has 1 aliphatic carbocycles. The highest BCUT2D eigenvalue weighted by Gasteiger charge is 2.32. The molecule has 3 nitrogen and oxygen atoms in total. The van der Waals surface area contributed by atoms with E-state index in [0.717, 1.165) is 32.2 Å². The minimum atomic E-state index is -0.646. The fraction of sp³-hybridized carbons (Fsp3) is 0.458. The van der Waals surface area contributed by atoms with Gasteiger partial charge in [0.2, 0.25) is 0 Å². The highest BCUT2D eigenvalue weighted by molar-refractivity contribution is 5.71. The largest absolute Gasteiger partial charge is 0.481 e. The molecule has 3 rings (SSSR count). The van der Waals surface area contributed by atoms with Crippen LogP contribution in [0.3, 0.4) is 0 Å². The molecule has 0 spiro atoms. The van der Waals surface area contributed by atoms with Gasteiger partial charge in [0.05, 0.1) is 5.92 Å². The quantitative estimate of drug-likeness (QED) is 0.744. The minimum Gasteiger partial charge on any atom is -0.481 e. The first-order chi connectivity index (χ1) is 12.9. The van der Waals surface area contributed by atoms with Crippen LogP contribution in [0.2, 0.25) is 0 Å². The van der Waals surface area contributed by atoms with Crippen LogP contribution < -0.4 is 0 Å². The van der Waals surface area contributed by atoms with E-state index in [9.17, 15) is 9.90 Å². The smallest absolute Gasteiger partial charge is 0.307 e. The van der Waals surface area contributed by atoms with Crippen LogP contribution in [0.15, 0.2) is 54.6 Å². The van der Waals surface area contributed by atoms with Gasteiger partial charge in [0.25, 0.3) is 0 Å². The molecule has 1 N–H and O–H groups in total. The lowest BCUT2D eigenvalue weighted by molar-refractivity contribution is -0.143. The van der Waals surface area contributed by atoms with Gasteiger partial charge in [-0.25, -0.2) is 0 Å². The Morgan fingerprint density at radius 2 is 1.78 bits per heavy atom.